The SMILES string of the molecule is COc1ccc(CN2CCCC(N)C2)c(Cl)c1OC. The van der Waals surface area contributed by atoms with Gasteiger partial charge < -0.3 is 15.2 Å². The molecule has 1 aliphatic heterocycles. The van der Waals surface area contributed by atoms with Gasteiger partial charge in [-0.25, -0.2) is 0 Å². The maximum atomic E-state index is 6.39. The van der Waals surface area contributed by atoms with Crippen molar-refractivity contribution in [2.45, 2.75) is 25.4 Å². The van der Waals surface area contributed by atoms with E-state index >= 15 is 0 Å². The molecule has 19 heavy (non-hydrogen) atoms. The molecule has 1 aromatic rings. The van der Waals surface area contributed by atoms with Crippen molar-refractivity contribution in [2.75, 3.05) is 27.3 Å². The number of nitrogens with zero attached hydrogens (tertiary/aromatic N) is 1. The maximum Gasteiger partial charge on any atom is 0.179 e. The van der Waals surface area contributed by atoms with Crippen LogP contribution in [0.1, 0.15) is 18.4 Å². The lowest BCUT2D eigenvalue weighted by atomic mass is 10.1. The van der Waals surface area contributed by atoms with Gasteiger partial charge in [0.2, 0.25) is 0 Å². The van der Waals surface area contributed by atoms with Crippen LogP contribution in [-0.4, -0.2) is 38.3 Å². The zero-order valence-electron chi connectivity index (χ0n) is 11.5. The normalized spacial score (nSPS) is 20.3. The molecule has 1 atom stereocenters. The Labute approximate surface area is 119 Å². The van der Waals surface area contributed by atoms with Crippen LogP contribution in [0.25, 0.3) is 0 Å². The molecule has 0 radical (unpaired) electrons. The third kappa shape index (κ3) is 3.32. The lowest BCUT2D eigenvalue weighted by molar-refractivity contribution is 0.201. The minimum atomic E-state index is 0.271. The average Bonchev–Trinajstić information content (AvgIpc) is 2.41. The van der Waals surface area contributed by atoms with E-state index in [-0.39, 0.29) is 6.04 Å². The average molecular weight is 285 g/mol. The van der Waals surface area contributed by atoms with E-state index in [4.69, 9.17) is 26.8 Å². The van der Waals surface area contributed by atoms with Crippen molar-refractivity contribution in [3.8, 4) is 11.5 Å². The number of halogens is 1. The number of hydrogen-bond acceptors (Lipinski definition) is 4. The predicted molar refractivity (Wildman–Crippen MR) is 77.0 cm³/mol. The number of rotatable bonds is 4. The van der Waals surface area contributed by atoms with Crippen LogP contribution in [0.15, 0.2) is 12.1 Å². The molecule has 1 fully saturated rings. The Hall–Kier alpha value is -0.970. The standard InChI is InChI=1S/C14H21ClN2O2/c1-18-12-6-5-10(13(15)14(12)19-2)8-17-7-3-4-11(16)9-17/h5-6,11H,3-4,7-9,16H2,1-2H3. The van der Waals surface area contributed by atoms with Gasteiger partial charge in [-0.2, -0.15) is 0 Å². The van der Waals surface area contributed by atoms with Crippen molar-refractivity contribution >= 4 is 11.6 Å². The Morgan fingerprint density at radius 2 is 2.16 bits per heavy atom. The number of methoxy groups -OCH3 is 2. The molecule has 5 heteroatoms. The Bertz CT molecular complexity index is 440. The highest BCUT2D eigenvalue weighted by molar-refractivity contribution is 6.33. The Balaban J connectivity index is 2.16. The number of ether oxygens (including phenoxy) is 2. The largest absolute Gasteiger partial charge is 0.493 e. The first-order valence-corrected chi connectivity index (χ1v) is 6.90. The summed E-state index contributed by atoms with van der Waals surface area (Å²) in [7, 11) is 3.21. The number of hydrogen-bond donors (Lipinski definition) is 1. The van der Waals surface area contributed by atoms with Crippen molar-refractivity contribution in [3.63, 3.8) is 0 Å². The molecule has 1 aromatic carbocycles. The van der Waals surface area contributed by atoms with Crippen molar-refractivity contribution in [1.29, 1.82) is 0 Å². The van der Waals surface area contributed by atoms with Crippen LogP contribution in [0.4, 0.5) is 0 Å². The quantitative estimate of drug-likeness (QED) is 0.921. The lowest BCUT2D eigenvalue weighted by Crippen LogP contribution is -2.42. The number of piperidine rings is 1. The molecule has 0 spiro atoms. The monoisotopic (exact) mass is 284 g/mol. The van der Waals surface area contributed by atoms with E-state index in [1.165, 1.54) is 0 Å². The first kappa shape index (κ1) is 14.4. The van der Waals surface area contributed by atoms with Gasteiger partial charge in [0.25, 0.3) is 0 Å². The van der Waals surface area contributed by atoms with Gasteiger partial charge >= 0.3 is 0 Å². The van der Waals surface area contributed by atoms with E-state index in [9.17, 15) is 0 Å². The molecule has 1 heterocycles. The molecule has 106 valence electrons. The second kappa shape index (κ2) is 6.46. The molecular formula is C14H21ClN2O2. The zero-order valence-corrected chi connectivity index (χ0v) is 12.2. The fourth-order valence-corrected chi connectivity index (χ4v) is 2.82. The number of benzene rings is 1. The third-order valence-corrected chi connectivity index (χ3v) is 3.92. The van der Waals surface area contributed by atoms with Gasteiger partial charge in [0.05, 0.1) is 19.2 Å². The van der Waals surface area contributed by atoms with Crippen molar-refractivity contribution in [2.24, 2.45) is 5.73 Å². The van der Waals surface area contributed by atoms with E-state index < -0.39 is 0 Å². The Kier molecular flexibility index (Phi) is 4.91. The van der Waals surface area contributed by atoms with E-state index in [1.807, 2.05) is 12.1 Å². The fraction of sp³-hybridized carbons (Fsp3) is 0.571. The maximum absolute atomic E-state index is 6.39. The Morgan fingerprint density at radius 1 is 1.37 bits per heavy atom. The summed E-state index contributed by atoms with van der Waals surface area (Å²) in [5.41, 5.74) is 7.05. The summed E-state index contributed by atoms with van der Waals surface area (Å²) >= 11 is 6.39. The predicted octanol–water partition coefficient (Wildman–Crippen LogP) is 2.28. The second-order valence-corrected chi connectivity index (χ2v) is 5.29. The van der Waals surface area contributed by atoms with Crippen LogP contribution >= 0.6 is 11.6 Å². The zero-order chi connectivity index (χ0) is 13.8. The second-order valence-electron chi connectivity index (χ2n) is 4.91. The van der Waals surface area contributed by atoms with Gasteiger partial charge in [0, 0.05) is 19.1 Å². The fourth-order valence-electron chi connectivity index (χ4n) is 2.53. The smallest absolute Gasteiger partial charge is 0.179 e. The first-order chi connectivity index (χ1) is 9.15. The molecule has 0 bridgehead atoms. The molecule has 4 nitrogen and oxygen atoms in total. The summed E-state index contributed by atoms with van der Waals surface area (Å²) in [4.78, 5) is 2.33. The molecule has 1 aliphatic rings. The highest BCUT2D eigenvalue weighted by atomic mass is 35.5. The summed E-state index contributed by atoms with van der Waals surface area (Å²) < 4.78 is 10.6. The summed E-state index contributed by atoms with van der Waals surface area (Å²) in [6.45, 7) is 2.79. The van der Waals surface area contributed by atoms with Gasteiger partial charge in [-0.1, -0.05) is 17.7 Å². The highest BCUT2D eigenvalue weighted by Gasteiger charge is 2.19. The lowest BCUT2D eigenvalue weighted by Gasteiger charge is -2.31. The molecule has 0 aromatic heterocycles. The third-order valence-electron chi connectivity index (χ3n) is 3.50. The summed E-state index contributed by atoms with van der Waals surface area (Å²) in [5.74, 6) is 1.26. The van der Waals surface area contributed by atoms with E-state index in [0.29, 0.717) is 16.5 Å². The van der Waals surface area contributed by atoms with Crippen molar-refractivity contribution < 1.29 is 9.47 Å². The molecule has 0 amide bonds. The van der Waals surface area contributed by atoms with Gasteiger partial charge in [-0.15, -0.1) is 0 Å². The molecule has 2 rings (SSSR count). The molecule has 1 saturated heterocycles. The van der Waals surface area contributed by atoms with Gasteiger partial charge in [-0.05, 0) is 31.0 Å². The summed E-state index contributed by atoms with van der Waals surface area (Å²) in [6, 6.07) is 4.15. The van der Waals surface area contributed by atoms with Crippen LogP contribution < -0.4 is 15.2 Å². The number of nitrogens with two attached hydrogens (primary N) is 1. The van der Waals surface area contributed by atoms with Crippen molar-refractivity contribution in [1.82, 2.24) is 4.90 Å². The summed E-state index contributed by atoms with van der Waals surface area (Å²) in [5, 5.41) is 0.626. The topological polar surface area (TPSA) is 47.7 Å². The van der Waals surface area contributed by atoms with Gasteiger partial charge in [0.15, 0.2) is 11.5 Å². The van der Waals surface area contributed by atoms with Crippen LogP contribution in [0.3, 0.4) is 0 Å². The first-order valence-electron chi connectivity index (χ1n) is 6.53. The minimum Gasteiger partial charge on any atom is -0.493 e. The van der Waals surface area contributed by atoms with Crippen LogP contribution in [0, 0.1) is 0 Å². The highest BCUT2D eigenvalue weighted by Crippen LogP contribution is 2.37. The molecule has 2 N–H and O–H groups in total. The minimum absolute atomic E-state index is 0.271. The molecule has 0 saturated carbocycles. The molecular weight excluding hydrogens is 264 g/mol. The van der Waals surface area contributed by atoms with Crippen LogP contribution in [0.2, 0.25) is 5.02 Å². The molecule has 0 aliphatic carbocycles. The molecule has 1 unspecified atom stereocenters. The van der Waals surface area contributed by atoms with E-state index in [2.05, 4.69) is 4.90 Å². The van der Waals surface area contributed by atoms with Gasteiger partial charge in [0.1, 0.15) is 0 Å². The van der Waals surface area contributed by atoms with Crippen LogP contribution in [-0.2, 0) is 6.54 Å². The van der Waals surface area contributed by atoms with Crippen molar-refractivity contribution in [3.05, 3.63) is 22.7 Å². The van der Waals surface area contributed by atoms with E-state index in [1.54, 1.807) is 14.2 Å². The Morgan fingerprint density at radius 3 is 2.79 bits per heavy atom. The number of likely N-dealkylation sites (tertiary alicyclic amines) is 1. The van der Waals surface area contributed by atoms with E-state index in [0.717, 1.165) is 38.0 Å². The summed E-state index contributed by atoms with van der Waals surface area (Å²) in [6.07, 6.45) is 2.25. The van der Waals surface area contributed by atoms with Gasteiger partial charge in [-0.3, -0.25) is 4.90 Å². The van der Waals surface area contributed by atoms with Crippen LogP contribution in [0.5, 0.6) is 11.5 Å².